The van der Waals surface area contributed by atoms with E-state index in [0.717, 1.165) is 58.9 Å². The van der Waals surface area contributed by atoms with Crippen LogP contribution in [0.25, 0.3) is 75.6 Å². The van der Waals surface area contributed by atoms with E-state index >= 15 is 0 Å². The number of allylic oxidation sites excluding steroid dienone is 1. The molecule has 1 aliphatic heterocycles. The van der Waals surface area contributed by atoms with Crippen molar-refractivity contribution in [1.29, 1.82) is 0 Å². The van der Waals surface area contributed by atoms with E-state index in [1.807, 2.05) is 17.4 Å². The van der Waals surface area contributed by atoms with Crippen molar-refractivity contribution in [2.45, 2.75) is 19.3 Å². The van der Waals surface area contributed by atoms with Gasteiger partial charge in [-0.05, 0) is 89.0 Å². The number of thiophene rings is 1. The average Bonchev–Trinajstić information content (AvgIpc) is 3.88. The van der Waals surface area contributed by atoms with Crippen LogP contribution in [0, 0.1) is 0 Å². The number of nitrogens with zero attached hydrogens (tertiary/aromatic N) is 3. The number of hydrogen-bond acceptors (Lipinski definition) is 3. The summed E-state index contributed by atoms with van der Waals surface area (Å²) in [5, 5.41) is 5.08. The SMILES string of the molecule is C1=C(c2ccccc2)N=C(c2ccccc2)N=C(c2ccc3c(c2)sc2cccc(-c4ccc5c6ccccc6n(-c6ccc(-c7ccccc7)cc6)c5c4)c23)CCC1. The number of aliphatic imine (C=N–C) groups is 2. The van der Waals surface area contributed by atoms with Crippen LogP contribution in [0.4, 0.5) is 0 Å². The molecule has 3 nitrogen and oxygen atoms in total. The maximum Gasteiger partial charge on any atom is 0.160 e. The van der Waals surface area contributed by atoms with Crippen molar-refractivity contribution in [3.05, 3.63) is 217 Å². The maximum atomic E-state index is 5.37. The van der Waals surface area contributed by atoms with Crippen molar-refractivity contribution in [2.75, 3.05) is 0 Å². The van der Waals surface area contributed by atoms with E-state index in [-0.39, 0.29) is 0 Å². The van der Waals surface area contributed by atoms with Crippen molar-refractivity contribution >= 4 is 70.6 Å². The minimum atomic E-state index is 0.747. The minimum Gasteiger partial charge on any atom is -0.309 e. The van der Waals surface area contributed by atoms with Crippen molar-refractivity contribution in [2.24, 2.45) is 9.98 Å². The lowest BCUT2D eigenvalue weighted by molar-refractivity contribution is 0.896. The quantitative estimate of drug-likeness (QED) is 0.161. The largest absolute Gasteiger partial charge is 0.309 e. The fraction of sp³-hybridized carbons (Fsp3) is 0.0545. The molecule has 0 saturated heterocycles. The molecule has 8 aromatic carbocycles. The van der Waals surface area contributed by atoms with Crippen LogP contribution in [0.2, 0.25) is 0 Å². The molecular formula is C55H39N3S. The van der Waals surface area contributed by atoms with Crippen molar-refractivity contribution < 1.29 is 0 Å². The predicted octanol–water partition coefficient (Wildman–Crippen LogP) is 14.9. The van der Waals surface area contributed by atoms with Crippen molar-refractivity contribution in [3.8, 4) is 27.9 Å². The average molecular weight is 774 g/mol. The highest BCUT2D eigenvalue weighted by atomic mass is 32.1. The number of fused-ring (bicyclic) bond motifs is 6. The molecule has 0 spiro atoms. The molecule has 0 fully saturated rings. The lowest BCUT2D eigenvalue weighted by Crippen LogP contribution is -2.07. The van der Waals surface area contributed by atoms with Gasteiger partial charge in [-0.2, -0.15) is 0 Å². The summed E-state index contributed by atoms with van der Waals surface area (Å²) < 4.78 is 4.97. The van der Waals surface area contributed by atoms with Gasteiger partial charge in [0.25, 0.3) is 0 Å². The van der Waals surface area contributed by atoms with Crippen molar-refractivity contribution in [1.82, 2.24) is 4.57 Å². The van der Waals surface area contributed by atoms with Gasteiger partial charge in [0.05, 0.1) is 22.4 Å². The summed E-state index contributed by atoms with van der Waals surface area (Å²) in [5.74, 6) is 0.747. The van der Waals surface area contributed by atoms with Gasteiger partial charge >= 0.3 is 0 Å². The zero-order valence-electron chi connectivity index (χ0n) is 32.4. The molecule has 0 amide bonds. The molecule has 3 heterocycles. The fourth-order valence-corrected chi connectivity index (χ4v) is 9.86. The number of amidine groups is 1. The lowest BCUT2D eigenvalue weighted by Gasteiger charge is -2.11. The van der Waals surface area contributed by atoms with Gasteiger partial charge in [-0.3, -0.25) is 0 Å². The zero-order chi connectivity index (χ0) is 39.1. The predicted molar refractivity (Wildman–Crippen MR) is 252 cm³/mol. The van der Waals surface area contributed by atoms with Gasteiger partial charge in [0.2, 0.25) is 0 Å². The third-order valence-electron chi connectivity index (χ3n) is 11.6. The first-order chi connectivity index (χ1) is 29.2. The lowest BCUT2D eigenvalue weighted by atomic mass is 9.97. The Morgan fingerprint density at radius 1 is 0.441 bits per heavy atom. The number of aromatic nitrogens is 1. The van der Waals surface area contributed by atoms with Gasteiger partial charge in [0.1, 0.15) is 0 Å². The summed E-state index contributed by atoms with van der Waals surface area (Å²) in [5.41, 5.74) is 13.8. The molecule has 0 N–H and O–H groups in total. The number of para-hydroxylation sites is 1. The maximum absolute atomic E-state index is 5.37. The number of hydrogen-bond donors (Lipinski definition) is 0. The normalized spacial score (nSPS) is 13.5. The Balaban J connectivity index is 1.01. The monoisotopic (exact) mass is 773 g/mol. The Morgan fingerprint density at radius 2 is 1.08 bits per heavy atom. The number of rotatable bonds is 6. The molecular weight excluding hydrogens is 735 g/mol. The van der Waals surface area contributed by atoms with Gasteiger partial charge in [0.15, 0.2) is 5.84 Å². The Labute approximate surface area is 347 Å². The van der Waals surface area contributed by atoms with Gasteiger partial charge < -0.3 is 4.57 Å². The van der Waals surface area contributed by atoms with Crippen molar-refractivity contribution in [3.63, 3.8) is 0 Å². The summed E-state index contributed by atoms with van der Waals surface area (Å²) in [4.78, 5) is 10.6. The van der Waals surface area contributed by atoms with E-state index in [2.05, 4.69) is 199 Å². The van der Waals surface area contributed by atoms with E-state index in [9.17, 15) is 0 Å². The summed E-state index contributed by atoms with van der Waals surface area (Å²) in [6.45, 7) is 0. The van der Waals surface area contributed by atoms with Crippen LogP contribution in [0.15, 0.2) is 210 Å². The molecule has 4 heteroatoms. The summed E-state index contributed by atoms with van der Waals surface area (Å²) in [6.07, 6.45) is 5.07. The molecule has 0 saturated carbocycles. The van der Waals surface area contributed by atoms with Crippen LogP contribution in [0.5, 0.6) is 0 Å². The van der Waals surface area contributed by atoms with Crippen LogP contribution in [-0.4, -0.2) is 16.1 Å². The third-order valence-corrected chi connectivity index (χ3v) is 12.7. The summed E-state index contributed by atoms with van der Waals surface area (Å²) in [7, 11) is 0. The van der Waals surface area contributed by atoms with E-state index in [0.29, 0.717) is 0 Å². The highest BCUT2D eigenvalue weighted by Gasteiger charge is 2.18. The summed E-state index contributed by atoms with van der Waals surface area (Å²) in [6, 6.07) is 69.9. The smallest absolute Gasteiger partial charge is 0.160 e. The van der Waals surface area contributed by atoms with Crippen LogP contribution < -0.4 is 0 Å². The van der Waals surface area contributed by atoms with Gasteiger partial charge in [-0.25, -0.2) is 9.98 Å². The third kappa shape index (κ3) is 6.48. The first-order valence-electron chi connectivity index (χ1n) is 20.4. The van der Waals surface area contributed by atoms with Gasteiger partial charge in [-0.1, -0.05) is 164 Å². The molecule has 0 aliphatic carbocycles. The molecule has 1 aliphatic rings. The Kier molecular flexibility index (Phi) is 8.90. The zero-order valence-corrected chi connectivity index (χ0v) is 33.2. The number of benzene rings is 8. The fourth-order valence-electron chi connectivity index (χ4n) is 8.69. The van der Waals surface area contributed by atoms with Crippen LogP contribution in [-0.2, 0) is 0 Å². The highest BCUT2D eigenvalue weighted by molar-refractivity contribution is 7.26. The molecule has 0 bridgehead atoms. The van der Waals surface area contributed by atoms with E-state index in [1.54, 1.807) is 0 Å². The van der Waals surface area contributed by atoms with Crippen LogP contribution >= 0.6 is 11.3 Å². The first kappa shape index (κ1) is 35.1. The molecule has 280 valence electrons. The van der Waals surface area contributed by atoms with Gasteiger partial charge in [-0.15, -0.1) is 11.3 Å². The topological polar surface area (TPSA) is 29.6 Å². The Morgan fingerprint density at radius 3 is 1.88 bits per heavy atom. The minimum absolute atomic E-state index is 0.747. The molecule has 59 heavy (non-hydrogen) atoms. The van der Waals surface area contributed by atoms with E-state index in [1.165, 1.54) is 64.2 Å². The Hall–Kier alpha value is -7.14. The summed E-state index contributed by atoms with van der Waals surface area (Å²) >= 11 is 1.86. The van der Waals surface area contributed by atoms with E-state index in [4.69, 9.17) is 9.98 Å². The molecule has 11 rings (SSSR count). The molecule has 0 radical (unpaired) electrons. The standard InChI is InChI=1S/C55H39N3S/c1-4-15-37(16-5-1)38-27-31-43(32-28-38)58-50-25-13-10-21-45(50)46-33-29-41(35-51(46)58)44-22-14-26-52-54(44)47-34-30-42(36-53(47)59-52)49-24-12-11-23-48(39-17-6-2-7-18-39)56-55(57-49)40-19-8-3-9-20-40/h1-10,13-23,25-36H,11-12,24H2. The highest BCUT2D eigenvalue weighted by Crippen LogP contribution is 2.42. The molecule has 10 aromatic rings. The second kappa shape index (κ2) is 15.0. The Bertz CT molecular complexity index is 3260. The van der Waals surface area contributed by atoms with Crippen LogP contribution in [0.1, 0.15) is 36.0 Å². The molecule has 0 unspecified atom stereocenters. The van der Waals surface area contributed by atoms with E-state index < -0.39 is 0 Å². The second-order valence-electron chi connectivity index (χ2n) is 15.2. The second-order valence-corrected chi connectivity index (χ2v) is 16.3. The first-order valence-corrected chi connectivity index (χ1v) is 21.2. The van der Waals surface area contributed by atoms with Gasteiger partial charge in [0, 0.05) is 42.2 Å². The van der Waals surface area contributed by atoms with Crippen LogP contribution in [0.3, 0.4) is 0 Å². The molecule has 0 atom stereocenters. The molecule has 2 aromatic heterocycles.